The Balaban J connectivity index is 2.25. The van der Waals surface area contributed by atoms with Crippen LogP contribution in [0.15, 0.2) is 24.3 Å². The number of amides is 2. The molecule has 1 N–H and O–H groups in total. The van der Waals surface area contributed by atoms with E-state index in [0.717, 1.165) is 11.3 Å². The largest absolute Gasteiger partial charge is 0.444 e. The molecule has 0 aliphatic carbocycles. The lowest BCUT2D eigenvalue weighted by molar-refractivity contribution is -0.124. The van der Waals surface area contributed by atoms with Gasteiger partial charge in [0.05, 0.1) is 12.1 Å². The van der Waals surface area contributed by atoms with Crippen molar-refractivity contribution in [3.63, 3.8) is 0 Å². The predicted octanol–water partition coefficient (Wildman–Crippen LogP) is 3.02. The van der Waals surface area contributed by atoms with Gasteiger partial charge < -0.3 is 15.0 Å². The van der Waals surface area contributed by atoms with Gasteiger partial charge in [0.25, 0.3) is 0 Å². The van der Waals surface area contributed by atoms with E-state index >= 15 is 0 Å². The Morgan fingerprint density at radius 3 is 2.48 bits per heavy atom. The number of anilines is 1. The molecular weight excluding hydrogens is 318 g/mol. The Hall–Kier alpha value is -2.55. The summed E-state index contributed by atoms with van der Waals surface area (Å²) in [5, 5.41) is 12.1. The summed E-state index contributed by atoms with van der Waals surface area (Å²) in [6.07, 6.45) is 0.0930. The molecule has 1 unspecified atom stereocenters. The number of hydrogen-bond acceptors (Lipinski definition) is 4. The van der Waals surface area contributed by atoms with Crippen LogP contribution in [0, 0.1) is 16.7 Å². The molecule has 6 heteroatoms. The van der Waals surface area contributed by atoms with Gasteiger partial charge in [0.15, 0.2) is 0 Å². The van der Waals surface area contributed by atoms with Crippen molar-refractivity contribution in [2.75, 3.05) is 11.4 Å². The summed E-state index contributed by atoms with van der Waals surface area (Å²) in [5.41, 5.74) is 0.0190. The zero-order chi connectivity index (χ0) is 18.8. The molecule has 0 fully saturated rings. The van der Waals surface area contributed by atoms with Crippen molar-refractivity contribution >= 4 is 17.7 Å². The van der Waals surface area contributed by atoms with Gasteiger partial charge in [-0.3, -0.25) is 4.79 Å². The molecule has 1 aliphatic rings. The monoisotopic (exact) mass is 343 g/mol. The highest BCUT2D eigenvalue weighted by atomic mass is 16.6. The summed E-state index contributed by atoms with van der Waals surface area (Å²) in [6, 6.07) is 9.33. The van der Waals surface area contributed by atoms with Crippen molar-refractivity contribution in [3.8, 4) is 6.07 Å². The van der Waals surface area contributed by atoms with Crippen LogP contribution in [0.3, 0.4) is 0 Å². The number of carbonyl (C=O) groups is 2. The summed E-state index contributed by atoms with van der Waals surface area (Å²) in [6.45, 7) is 8.90. The van der Waals surface area contributed by atoms with Crippen LogP contribution in [0.4, 0.5) is 10.5 Å². The summed E-state index contributed by atoms with van der Waals surface area (Å²) in [7, 11) is 0. The molecule has 2 amide bonds. The SMILES string of the molecule is CC(C)(C)OC(=O)NC1Cc2ccccc2N(C(=O)C(C)(C)C#N)C1. The molecule has 2 rings (SSSR count). The second-order valence-electron chi connectivity index (χ2n) is 7.83. The third kappa shape index (κ3) is 4.50. The molecule has 1 aromatic rings. The zero-order valence-corrected chi connectivity index (χ0v) is 15.4. The molecule has 1 aromatic carbocycles. The Bertz CT molecular complexity index is 713. The second kappa shape index (κ2) is 6.75. The minimum Gasteiger partial charge on any atom is -0.444 e. The van der Waals surface area contributed by atoms with Crippen molar-refractivity contribution in [3.05, 3.63) is 29.8 Å². The molecule has 0 aromatic heterocycles. The zero-order valence-electron chi connectivity index (χ0n) is 15.4. The normalized spacial score (nSPS) is 17.3. The van der Waals surface area contributed by atoms with Gasteiger partial charge in [-0.25, -0.2) is 4.79 Å². The summed E-state index contributed by atoms with van der Waals surface area (Å²) >= 11 is 0. The lowest BCUT2D eigenvalue weighted by Gasteiger charge is -2.37. The van der Waals surface area contributed by atoms with Crippen LogP contribution < -0.4 is 10.2 Å². The highest BCUT2D eigenvalue weighted by Gasteiger charge is 2.37. The number of hydrogen-bond donors (Lipinski definition) is 1. The van der Waals surface area contributed by atoms with E-state index in [4.69, 9.17) is 4.74 Å². The van der Waals surface area contributed by atoms with E-state index in [1.54, 1.807) is 39.5 Å². The van der Waals surface area contributed by atoms with Gasteiger partial charge >= 0.3 is 6.09 Å². The number of ether oxygens (including phenoxy) is 1. The third-order valence-electron chi connectivity index (χ3n) is 3.93. The number of rotatable bonds is 2. The van der Waals surface area contributed by atoms with Crippen molar-refractivity contribution in [2.24, 2.45) is 5.41 Å². The fraction of sp³-hybridized carbons (Fsp3) is 0.526. The standard InChI is InChI=1S/C19H25N3O3/c1-18(2,3)25-17(24)21-14-10-13-8-6-7-9-15(13)22(11-14)16(23)19(4,5)12-20/h6-9,14H,10-11H2,1-5H3,(H,21,24). The van der Waals surface area contributed by atoms with Gasteiger partial charge in [-0.2, -0.15) is 5.26 Å². The fourth-order valence-corrected chi connectivity index (χ4v) is 2.74. The number of nitriles is 1. The van der Waals surface area contributed by atoms with Crippen LogP contribution >= 0.6 is 0 Å². The number of fused-ring (bicyclic) bond motifs is 1. The average molecular weight is 343 g/mol. The van der Waals surface area contributed by atoms with Crippen LogP contribution in [0.1, 0.15) is 40.2 Å². The molecule has 1 heterocycles. The molecule has 0 saturated heterocycles. The first-order valence-corrected chi connectivity index (χ1v) is 8.34. The van der Waals surface area contributed by atoms with Gasteiger partial charge in [-0.05, 0) is 52.7 Å². The van der Waals surface area contributed by atoms with Crippen LogP contribution in [0.2, 0.25) is 0 Å². The average Bonchev–Trinajstić information content (AvgIpc) is 2.51. The molecule has 25 heavy (non-hydrogen) atoms. The topological polar surface area (TPSA) is 82.4 Å². The molecule has 0 bridgehead atoms. The predicted molar refractivity (Wildman–Crippen MR) is 95.1 cm³/mol. The minimum atomic E-state index is -1.14. The summed E-state index contributed by atoms with van der Waals surface area (Å²) in [4.78, 5) is 26.5. The molecule has 0 radical (unpaired) electrons. The smallest absolute Gasteiger partial charge is 0.407 e. The van der Waals surface area contributed by atoms with Crippen LogP contribution in [-0.2, 0) is 16.0 Å². The fourth-order valence-electron chi connectivity index (χ4n) is 2.74. The number of benzene rings is 1. The maximum Gasteiger partial charge on any atom is 0.407 e. The quantitative estimate of drug-likeness (QED) is 0.895. The number of nitrogens with one attached hydrogen (secondary N) is 1. The van der Waals surface area contributed by atoms with Gasteiger partial charge in [-0.1, -0.05) is 18.2 Å². The van der Waals surface area contributed by atoms with Crippen molar-refractivity contribution in [1.29, 1.82) is 5.26 Å². The molecule has 134 valence electrons. The van der Waals surface area contributed by atoms with E-state index in [1.165, 1.54) is 0 Å². The summed E-state index contributed by atoms with van der Waals surface area (Å²) in [5.74, 6) is -0.280. The molecule has 1 atom stereocenters. The Morgan fingerprint density at radius 1 is 1.24 bits per heavy atom. The van der Waals surface area contributed by atoms with Gasteiger partial charge in [0.2, 0.25) is 5.91 Å². The van der Waals surface area contributed by atoms with E-state index in [-0.39, 0.29) is 11.9 Å². The molecule has 0 spiro atoms. The third-order valence-corrected chi connectivity index (χ3v) is 3.93. The van der Waals surface area contributed by atoms with Gasteiger partial charge in [0.1, 0.15) is 11.0 Å². The lowest BCUT2D eigenvalue weighted by Crippen LogP contribution is -2.53. The first-order chi connectivity index (χ1) is 11.5. The highest BCUT2D eigenvalue weighted by Crippen LogP contribution is 2.31. The van der Waals surface area contributed by atoms with Crippen LogP contribution in [-0.4, -0.2) is 30.2 Å². The number of carbonyl (C=O) groups excluding carboxylic acids is 2. The highest BCUT2D eigenvalue weighted by molar-refractivity contribution is 6.00. The second-order valence-corrected chi connectivity index (χ2v) is 7.83. The maximum absolute atomic E-state index is 12.8. The minimum absolute atomic E-state index is 0.275. The Morgan fingerprint density at radius 2 is 1.88 bits per heavy atom. The summed E-state index contributed by atoms with van der Waals surface area (Å²) < 4.78 is 5.31. The number of alkyl carbamates (subject to hydrolysis) is 1. The van der Waals surface area contributed by atoms with Crippen molar-refractivity contribution < 1.29 is 14.3 Å². The number of nitrogens with zero attached hydrogens (tertiary/aromatic N) is 2. The van der Waals surface area contributed by atoms with E-state index < -0.39 is 17.1 Å². The first-order valence-electron chi connectivity index (χ1n) is 8.34. The number of para-hydroxylation sites is 1. The van der Waals surface area contributed by atoms with Crippen molar-refractivity contribution in [2.45, 2.75) is 52.7 Å². The van der Waals surface area contributed by atoms with Gasteiger partial charge in [0, 0.05) is 12.2 Å². The van der Waals surface area contributed by atoms with Crippen LogP contribution in [0.25, 0.3) is 0 Å². The molecule has 0 saturated carbocycles. The van der Waals surface area contributed by atoms with E-state index in [9.17, 15) is 14.9 Å². The molecule has 1 aliphatic heterocycles. The maximum atomic E-state index is 12.8. The Labute approximate surface area is 148 Å². The molecule has 6 nitrogen and oxygen atoms in total. The molecular formula is C19H25N3O3. The lowest BCUT2D eigenvalue weighted by atomic mass is 9.90. The van der Waals surface area contributed by atoms with Crippen molar-refractivity contribution in [1.82, 2.24) is 5.32 Å². The first kappa shape index (κ1) is 18.8. The van der Waals surface area contributed by atoms with E-state index in [0.29, 0.717) is 13.0 Å². The Kier molecular flexibility index (Phi) is 5.07. The van der Waals surface area contributed by atoms with E-state index in [1.807, 2.05) is 24.3 Å². The van der Waals surface area contributed by atoms with E-state index in [2.05, 4.69) is 11.4 Å². The van der Waals surface area contributed by atoms with Gasteiger partial charge in [-0.15, -0.1) is 0 Å². The van der Waals surface area contributed by atoms with Crippen LogP contribution in [0.5, 0.6) is 0 Å².